The lowest BCUT2D eigenvalue weighted by atomic mass is 10.1. The number of fused-ring (bicyclic) bond motifs is 1. The minimum atomic E-state index is -0.285. The Kier molecular flexibility index (Phi) is 2.45. The molecular weight excluding hydrogens is 205 g/mol. The van der Waals surface area contributed by atoms with E-state index in [1.807, 2.05) is 0 Å². The predicted octanol–water partition coefficient (Wildman–Crippen LogP) is 2.60. The van der Waals surface area contributed by atoms with Gasteiger partial charge in [-0.25, -0.2) is 4.39 Å². The summed E-state index contributed by atoms with van der Waals surface area (Å²) in [7, 11) is 1.73. The number of hydrogen-bond acceptors (Lipinski definition) is 3. The first-order chi connectivity index (χ1) is 7.67. The summed E-state index contributed by atoms with van der Waals surface area (Å²) in [5, 5.41) is 12.6. The second-order valence-electron chi connectivity index (χ2n) is 3.53. The summed E-state index contributed by atoms with van der Waals surface area (Å²) in [6.45, 7) is 1.69. The van der Waals surface area contributed by atoms with E-state index in [0.717, 1.165) is 5.39 Å². The molecule has 0 amide bonds. The molecule has 1 aromatic carbocycles. The van der Waals surface area contributed by atoms with Gasteiger partial charge < -0.3 is 5.32 Å². The van der Waals surface area contributed by atoms with Crippen LogP contribution in [0.1, 0.15) is 11.1 Å². The number of nitrogens with zero attached hydrogens (tertiary/aromatic N) is 2. The molecule has 80 valence electrons. The molecule has 3 nitrogen and oxygen atoms in total. The zero-order valence-electron chi connectivity index (χ0n) is 9.00. The second-order valence-corrected chi connectivity index (χ2v) is 3.53. The number of nitriles is 1. The van der Waals surface area contributed by atoms with E-state index in [1.165, 1.54) is 12.3 Å². The van der Waals surface area contributed by atoms with E-state index in [9.17, 15) is 4.39 Å². The minimum absolute atomic E-state index is 0.285. The summed E-state index contributed by atoms with van der Waals surface area (Å²) < 4.78 is 13.3. The van der Waals surface area contributed by atoms with Crippen LogP contribution < -0.4 is 5.32 Å². The molecule has 0 spiro atoms. The van der Waals surface area contributed by atoms with Gasteiger partial charge in [-0.2, -0.15) is 5.26 Å². The Morgan fingerprint density at radius 2 is 2.19 bits per heavy atom. The standard InChI is InChI=1S/C12H10FN3/c1-7-3-9-11(4-10(7)13)16-6-8(5-14)12(9)15-2/h3-4,6H,1-2H3,(H,15,16). The Balaban J connectivity index is 2.88. The highest BCUT2D eigenvalue weighted by molar-refractivity contribution is 5.94. The van der Waals surface area contributed by atoms with Gasteiger partial charge in [0.1, 0.15) is 11.9 Å². The van der Waals surface area contributed by atoms with Crippen LogP contribution in [0.4, 0.5) is 10.1 Å². The van der Waals surface area contributed by atoms with Gasteiger partial charge in [0, 0.05) is 24.7 Å². The van der Waals surface area contributed by atoms with Crippen molar-refractivity contribution >= 4 is 16.6 Å². The Morgan fingerprint density at radius 1 is 1.44 bits per heavy atom. The Hall–Kier alpha value is -2.15. The maximum absolute atomic E-state index is 13.3. The lowest BCUT2D eigenvalue weighted by Crippen LogP contribution is -1.97. The van der Waals surface area contributed by atoms with Gasteiger partial charge in [0.15, 0.2) is 0 Å². The number of hydrogen-bond donors (Lipinski definition) is 1. The molecule has 0 aliphatic heterocycles. The van der Waals surface area contributed by atoms with E-state index in [1.54, 1.807) is 20.0 Å². The number of anilines is 1. The van der Waals surface area contributed by atoms with E-state index in [2.05, 4.69) is 16.4 Å². The first-order valence-corrected chi connectivity index (χ1v) is 4.84. The van der Waals surface area contributed by atoms with Crippen LogP contribution in [-0.4, -0.2) is 12.0 Å². The van der Waals surface area contributed by atoms with Gasteiger partial charge in [0.2, 0.25) is 0 Å². The number of benzene rings is 1. The van der Waals surface area contributed by atoms with Crippen molar-refractivity contribution in [2.45, 2.75) is 6.92 Å². The maximum Gasteiger partial charge on any atom is 0.128 e. The fourth-order valence-electron chi connectivity index (χ4n) is 1.68. The van der Waals surface area contributed by atoms with Gasteiger partial charge in [-0.1, -0.05) is 0 Å². The third-order valence-electron chi connectivity index (χ3n) is 2.52. The Bertz CT molecular complexity index is 599. The fourth-order valence-corrected chi connectivity index (χ4v) is 1.68. The van der Waals surface area contributed by atoms with Crippen LogP contribution in [-0.2, 0) is 0 Å². The van der Waals surface area contributed by atoms with E-state index in [4.69, 9.17) is 5.26 Å². The van der Waals surface area contributed by atoms with Gasteiger partial charge in [-0.3, -0.25) is 4.98 Å². The monoisotopic (exact) mass is 215 g/mol. The van der Waals surface area contributed by atoms with Crippen LogP contribution in [0.25, 0.3) is 10.9 Å². The molecule has 4 heteroatoms. The number of aromatic nitrogens is 1. The number of rotatable bonds is 1. The zero-order valence-corrected chi connectivity index (χ0v) is 9.00. The van der Waals surface area contributed by atoms with Crippen LogP contribution in [0.15, 0.2) is 18.3 Å². The number of aryl methyl sites for hydroxylation is 1. The van der Waals surface area contributed by atoms with Crippen molar-refractivity contribution in [3.63, 3.8) is 0 Å². The molecule has 0 saturated heterocycles. The molecule has 1 aromatic heterocycles. The van der Waals surface area contributed by atoms with Crippen molar-refractivity contribution in [3.05, 3.63) is 35.3 Å². The van der Waals surface area contributed by atoms with Crippen molar-refractivity contribution in [2.75, 3.05) is 12.4 Å². The van der Waals surface area contributed by atoms with Gasteiger partial charge >= 0.3 is 0 Å². The normalized spacial score (nSPS) is 10.1. The first kappa shape index (κ1) is 10.4. The highest BCUT2D eigenvalue weighted by Gasteiger charge is 2.09. The van der Waals surface area contributed by atoms with Crippen molar-refractivity contribution < 1.29 is 4.39 Å². The van der Waals surface area contributed by atoms with Gasteiger partial charge in [-0.05, 0) is 18.6 Å². The third-order valence-corrected chi connectivity index (χ3v) is 2.52. The zero-order chi connectivity index (χ0) is 11.7. The van der Waals surface area contributed by atoms with Gasteiger partial charge in [-0.15, -0.1) is 0 Å². The van der Waals surface area contributed by atoms with Crippen LogP contribution in [0, 0.1) is 24.1 Å². The second kappa shape index (κ2) is 3.78. The average molecular weight is 215 g/mol. The molecule has 0 bridgehead atoms. The van der Waals surface area contributed by atoms with Crippen molar-refractivity contribution in [1.82, 2.24) is 4.98 Å². The molecule has 1 N–H and O–H groups in total. The molecule has 0 aliphatic rings. The summed E-state index contributed by atoms with van der Waals surface area (Å²) in [6, 6.07) is 5.13. The summed E-state index contributed by atoms with van der Waals surface area (Å²) in [5.74, 6) is -0.285. The Labute approximate surface area is 92.5 Å². The largest absolute Gasteiger partial charge is 0.386 e. The summed E-state index contributed by atoms with van der Waals surface area (Å²) in [6.07, 6.45) is 1.45. The molecule has 0 atom stereocenters. The summed E-state index contributed by atoms with van der Waals surface area (Å²) >= 11 is 0. The Morgan fingerprint density at radius 3 is 2.81 bits per heavy atom. The average Bonchev–Trinajstić information content (AvgIpc) is 2.29. The van der Waals surface area contributed by atoms with Crippen LogP contribution >= 0.6 is 0 Å². The van der Waals surface area contributed by atoms with Crippen molar-refractivity contribution in [2.24, 2.45) is 0 Å². The predicted molar refractivity (Wildman–Crippen MR) is 60.7 cm³/mol. The lowest BCUT2D eigenvalue weighted by Gasteiger charge is -2.08. The molecule has 0 radical (unpaired) electrons. The third kappa shape index (κ3) is 1.47. The molecule has 2 rings (SSSR count). The molecule has 0 saturated carbocycles. The number of halogens is 1. The molecule has 1 heterocycles. The van der Waals surface area contributed by atoms with Crippen LogP contribution in [0.3, 0.4) is 0 Å². The van der Waals surface area contributed by atoms with E-state index in [0.29, 0.717) is 22.3 Å². The number of pyridine rings is 1. The topological polar surface area (TPSA) is 48.7 Å². The van der Waals surface area contributed by atoms with Crippen LogP contribution in [0.2, 0.25) is 0 Å². The smallest absolute Gasteiger partial charge is 0.128 e. The number of nitrogens with one attached hydrogen (secondary N) is 1. The lowest BCUT2D eigenvalue weighted by molar-refractivity contribution is 0.620. The molecule has 0 aliphatic carbocycles. The summed E-state index contributed by atoms with van der Waals surface area (Å²) in [4.78, 5) is 4.06. The first-order valence-electron chi connectivity index (χ1n) is 4.84. The highest BCUT2D eigenvalue weighted by Crippen LogP contribution is 2.27. The van der Waals surface area contributed by atoms with E-state index >= 15 is 0 Å². The van der Waals surface area contributed by atoms with Crippen LogP contribution in [0.5, 0.6) is 0 Å². The molecule has 0 unspecified atom stereocenters. The molecule has 16 heavy (non-hydrogen) atoms. The van der Waals surface area contributed by atoms with Gasteiger partial charge in [0.05, 0.1) is 16.8 Å². The SMILES string of the molecule is CNc1c(C#N)cnc2cc(F)c(C)cc12. The minimum Gasteiger partial charge on any atom is -0.386 e. The van der Waals surface area contributed by atoms with E-state index in [-0.39, 0.29) is 5.82 Å². The molecular formula is C12H10FN3. The highest BCUT2D eigenvalue weighted by atomic mass is 19.1. The molecule has 2 aromatic rings. The fraction of sp³-hybridized carbons (Fsp3) is 0.167. The maximum atomic E-state index is 13.3. The quantitative estimate of drug-likeness (QED) is 0.795. The summed E-state index contributed by atoms with van der Waals surface area (Å²) in [5.41, 5.74) is 2.24. The van der Waals surface area contributed by atoms with E-state index < -0.39 is 0 Å². The molecule has 0 fully saturated rings. The van der Waals surface area contributed by atoms with Gasteiger partial charge in [0.25, 0.3) is 0 Å². The van der Waals surface area contributed by atoms with Crippen molar-refractivity contribution in [3.8, 4) is 6.07 Å². The van der Waals surface area contributed by atoms with Crippen molar-refractivity contribution in [1.29, 1.82) is 5.26 Å².